The van der Waals surface area contributed by atoms with Crippen LogP contribution in [0.2, 0.25) is 0 Å². The zero-order valence-corrected chi connectivity index (χ0v) is 18.9. The molecule has 160 valence electrons. The van der Waals surface area contributed by atoms with Crippen LogP contribution in [0.15, 0.2) is 12.2 Å². The third-order valence-corrected chi connectivity index (χ3v) is 6.28. The quantitative estimate of drug-likeness (QED) is 0.171. The van der Waals surface area contributed by atoms with Crippen LogP contribution in [0.3, 0.4) is 0 Å². The summed E-state index contributed by atoms with van der Waals surface area (Å²) in [5.74, 6) is 0. The maximum absolute atomic E-state index is 6.22. The molecule has 1 saturated heterocycles. The molecule has 1 rings (SSSR count). The molecule has 0 bridgehead atoms. The molecule has 1 nitrogen and oxygen atoms in total. The van der Waals surface area contributed by atoms with Gasteiger partial charge in [0, 0.05) is 6.61 Å². The molecule has 0 spiro atoms. The highest BCUT2D eigenvalue weighted by Gasteiger charge is 2.31. The van der Waals surface area contributed by atoms with Crippen molar-refractivity contribution in [3.8, 4) is 0 Å². The normalized spacial score (nSPS) is 20.5. The number of allylic oxidation sites excluding steroid dienone is 2. The van der Waals surface area contributed by atoms with Crippen molar-refractivity contribution in [1.82, 2.24) is 0 Å². The van der Waals surface area contributed by atoms with E-state index in [0.717, 1.165) is 6.61 Å². The summed E-state index contributed by atoms with van der Waals surface area (Å²) in [7, 11) is 0. The fourth-order valence-electron chi connectivity index (χ4n) is 4.58. The van der Waals surface area contributed by atoms with E-state index in [1.54, 1.807) is 0 Å². The van der Waals surface area contributed by atoms with Crippen LogP contribution in [0.4, 0.5) is 0 Å². The molecule has 27 heavy (non-hydrogen) atoms. The minimum atomic E-state index is 0.253. The van der Waals surface area contributed by atoms with E-state index in [4.69, 9.17) is 4.74 Å². The van der Waals surface area contributed by atoms with Crippen molar-refractivity contribution in [2.45, 2.75) is 148 Å². The van der Waals surface area contributed by atoms with Crippen LogP contribution in [0, 0.1) is 0 Å². The van der Waals surface area contributed by atoms with E-state index >= 15 is 0 Å². The zero-order chi connectivity index (χ0) is 19.5. The molecular formula is C26H50O. The first-order valence-electron chi connectivity index (χ1n) is 12.6. The molecule has 1 fully saturated rings. The molecule has 1 atom stereocenters. The Balaban J connectivity index is 1.87. The first-order chi connectivity index (χ1) is 13.3. The van der Waals surface area contributed by atoms with Crippen molar-refractivity contribution in [3.63, 3.8) is 0 Å². The van der Waals surface area contributed by atoms with Gasteiger partial charge in [0.15, 0.2) is 0 Å². The van der Waals surface area contributed by atoms with Crippen molar-refractivity contribution in [1.29, 1.82) is 0 Å². The third-order valence-electron chi connectivity index (χ3n) is 6.28. The Kier molecular flexibility index (Phi) is 16.3. The van der Waals surface area contributed by atoms with Crippen LogP contribution in [-0.4, -0.2) is 12.2 Å². The summed E-state index contributed by atoms with van der Waals surface area (Å²) in [6.45, 7) is 5.60. The summed E-state index contributed by atoms with van der Waals surface area (Å²) < 4.78 is 6.22. The molecule has 0 amide bonds. The van der Waals surface area contributed by atoms with Crippen molar-refractivity contribution >= 4 is 0 Å². The average Bonchev–Trinajstić information content (AvgIpc) is 2.68. The molecule has 0 aromatic rings. The second-order valence-electron chi connectivity index (χ2n) is 8.93. The predicted octanol–water partition coefficient (Wildman–Crippen LogP) is 9.15. The van der Waals surface area contributed by atoms with Gasteiger partial charge in [0.05, 0.1) is 5.60 Å². The van der Waals surface area contributed by atoms with E-state index in [0.29, 0.717) is 0 Å². The first-order valence-corrected chi connectivity index (χ1v) is 12.6. The van der Waals surface area contributed by atoms with Gasteiger partial charge in [0.1, 0.15) is 0 Å². The highest BCUT2D eigenvalue weighted by molar-refractivity contribution is 4.84. The number of rotatable bonds is 18. The molecule has 1 heteroatoms. The average molecular weight is 379 g/mol. The summed E-state index contributed by atoms with van der Waals surface area (Å²) in [6.07, 6.45) is 32.2. The van der Waals surface area contributed by atoms with Crippen molar-refractivity contribution in [2.24, 2.45) is 0 Å². The summed E-state index contributed by atoms with van der Waals surface area (Å²) in [6, 6.07) is 0. The Bertz CT molecular complexity index is 322. The second kappa shape index (κ2) is 17.8. The molecule has 1 unspecified atom stereocenters. The SMILES string of the molecule is CCCCCCCCCCC=CCCCCCCC1(CCC)CCCCO1. The van der Waals surface area contributed by atoms with Gasteiger partial charge in [-0.15, -0.1) is 0 Å². The monoisotopic (exact) mass is 378 g/mol. The smallest absolute Gasteiger partial charge is 0.0682 e. The van der Waals surface area contributed by atoms with E-state index in [1.807, 2.05) is 0 Å². The molecule has 0 aromatic heterocycles. The molecule has 0 aliphatic carbocycles. The number of ether oxygens (including phenoxy) is 1. The van der Waals surface area contributed by atoms with Gasteiger partial charge >= 0.3 is 0 Å². The number of hydrogen-bond donors (Lipinski definition) is 0. The molecule has 0 saturated carbocycles. The van der Waals surface area contributed by atoms with Gasteiger partial charge in [-0.2, -0.15) is 0 Å². The Hall–Kier alpha value is -0.300. The largest absolute Gasteiger partial charge is 0.375 e. The summed E-state index contributed by atoms with van der Waals surface area (Å²) in [5.41, 5.74) is 0.253. The maximum atomic E-state index is 6.22. The maximum Gasteiger partial charge on any atom is 0.0682 e. The Morgan fingerprint density at radius 1 is 0.630 bits per heavy atom. The van der Waals surface area contributed by atoms with Crippen LogP contribution in [-0.2, 0) is 4.74 Å². The highest BCUT2D eigenvalue weighted by Crippen LogP contribution is 2.34. The molecule has 1 heterocycles. The van der Waals surface area contributed by atoms with Crippen LogP contribution in [0.25, 0.3) is 0 Å². The van der Waals surface area contributed by atoms with Crippen molar-refractivity contribution in [3.05, 3.63) is 12.2 Å². The van der Waals surface area contributed by atoms with Gasteiger partial charge in [0.2, 0.25) is 0 Å². The molecular weight excluding hydrogens is 328 g/mol. The fourth-order valence-corrected chi connectivity index (χ4v) is 4.58. The van der Waals surface area contributed by atoms with E-state index in [1.165, 1.54) is 128 Å². The van der Waals surface area contributed by atoms with Gasteiger partial charge in [0.25, 0.3) is 0 Å². The highest BCUT2D eigenvalue weighted by atomic mass is 16.5. The number of unbranched alkanes of at least 4 members (excludes halogenated alkanes) is 12. The molecule has 0 N–H and O–H groups in total. The van der Waals surface area contributed by atoms with Gasteiger partial charge in [-0.05, 0) is 57.8 Å². The van der Waals surface area contributed by atoms with E-state index in [2.05, 4.69) is 26.0 Å². The lowest BCUT2D eigenvalue weighted by atomic mass is 9.84. The van der Waals surface area contributed by atoms with E-state index < -0.39 is 0 Å². The third kappa shape index (κ3) is 13.5. The van der Waals surface area contributed by atoms with Crippen molar-refractivity contribution in [2.75, 3.05) is 6.61 Å². The number of hydrogen-bond acceptors (Lipinski definition) is 1. The Labute approximate surface area is 171 Å². The van der Waals surface area contributed by atoms with Crippen LogP contribution in [0.5, 0.6) is 0 Å². The van der Waals surface area contributed by atoms with Crippen molar-refractivity contribution < 1.29 is 4.74 Å². The van der Waals surface area contributed by atoms with Gasteiger partial charge in [-0.1, -0.05) is 96.6 Å². The van der Waals surface area contributed by atoms with Crippen LogP contribution < -0.4 is 0 Å². The van der Waals surface area contributed by atoms with Crippen LogP contribution >= 0.6 is 0 Å². The van der Waals surface area contributed by atoms with Gasteiger partial charge in [-0.25, -0.2) is 0 Å². The lowest BCUT2D eigenvalue weighted by Crippen LogP contribution is -2.36. The summed E-state index contributed by atoms with van der Waals surface area (Å²) >= 11 is 0. The standard InChI is InChI=1S/C26H50O/c1-3-5-6-7-8-9-10-11-12-13-14-15-16-17-18-19-23-26(22-4-2)24-20-21-25-27-26/h13-14H,3-12,15-25H2,1-2H3. The summed E-state index contributed by atoms with van der Waals surface area (Å²) in [4.78, 5) is 0. The molecule has 0 aromatic carbocycles. The van der Waals surface area contributed by atoms with E-state index in [-0.39, 0.29) is 5.60 Å². The first kappa shape index (κ1) is 24.7. The predicted molar refractivity (Wildman–Crippen MR) is 122 cm³/mol. The Morgan fingerprint density at radius 3 is 1.78 bits per heavy atom. The zero-order valence-electron chi connectivity index (χ0n) is 18.9. The van der Waals surface area contributed by atoms with Gasteiger partial charge in [-0.3, -0.25) is 0 Å². The lowest BCUT2D eigenvalue weighted by Gasteiger charge is -2.37. The van der Waals surface area contributed by atoms with E-state index in [9.17, 15) is 0 Å². The van der Waals surface area contributed by atoms with Crippen LogP contribution in [0.1, 0.15) is 142 Å². The fraction of sp³-hybridized carbons (Fsp3) is 0.923. The second-order valence-corrected chi connectivity index (χ2v) is 8.93. The lowest BCUT2D eigenvalue weighted by molar-refractivity contribution is -0.0903. The van der Waals surface area contributed by atoms with Gasteiger partial charge < -0.3 is 4.74 Å². The topological polar surface area (TPSA) is 9.23 Å². The minimum absolute atomic E-state index is 0.253. The molecule has 1 aliphatic rings. The molecule has 1 aliphatic heterocycles. The molecule has 0 radical (unpaired) electrons. The Morgan fingerprint density at radius 2 is 1.22 bits per heavy atom. The summed E-state index contributed by atoms with van der Waals surface area (Å²) in [5, 5.41) is 0. The minimum Gasteiger partial charge on any atom is -0.375 e.